The van der Waals surface area contributed by atoms with Crippen LogP contribution in [0, 0.1) is 23.2 Å². The molecule has 0 spiro atoms. The summed E-state index contributed by atoms with van der Waals surface area (Å²) < 4.78 is 0. The highest BCUT2D eigenvalue weighted by Crippen LogP contribution is 2.52. The van der Waals surface area contributed by atoms with Gasteiger partial charge in [0.2, 0.25) is 0 Å². The summed E-state index contributed by atoms with van der Waals surface area (Å²) in [4.78, 5) is 17.3. The topological polar surface area (TPSA) is 46.5 Å². The van der Waals surface area contributed by atoms with Crippen LogP contribution in [0.25, 0.3) is 0 Å². The van der Waals surface area contributed by atoms with Gasteiger partial charge in [0, 0.05) is 12.3 Å². The van der Waals surface area contributed by atoms with E-state index in [1.54, 1.807) is 0 Å². The van der Waals surface area contributed by atoms with Gasteiger partial charge in [-0.2, -0.15) is 0 Å². The number of hydrogen-bond donors (Lipinski definition) is 1. The molecule has 4 atom stereocenters. The van der Waals surface area contributed by atoms with Gasteiger partial charge in [-0.1, -0.05) is 38.5 Å². The van der Waals surface area contributed by atoms with Crippen LogP contribution in [0.2, 0.25) is 0 Å². The van der Waals surface area contributed by atoms with E-state index in [1.165, 1.54) is 5.57 Å². The Balaban J connectivity index is 2.38. The second-order valence-corrected chi connectivity index (χ2v) is 8.24. The van der Waals surface area contributed by atoms with Crippen molar-refractivity contribution in [1.29, 1.82) is 0 Å². The zero-order valence-corrected chi connectivity index (χ0v) is 15.3. The fraction of sp³-hybridized carbons (Fsp3) is 0.750. The van der Waals surface area contributed by atoms with Crippen LogP contribution in [0.1, 0.15) is 66.7 Å². The van der Waals surface area contributed by atoms with Gasteiger partial charge < -0.3 is 0 Å². The molecule has 3 heteroatoms. The Morgan fingerprint density at radius 1 is 1.30 bits per heavy atom. The molecule has 1 saturated carbocycles. The van der Waals surface area contributed by atoms with Gasteiger partial charge in [-0.05, 0) is 62.4 Å². The van der Waals surface area contributed by atoms with Gasteiger partial charge in [-0.25, -0.2) is 4.89 Å². The van der Waals surface area contributed by atoms with Crippen LogP contribution in [0.4, 0.5) is 0 Å². The van der Waals surface area contributed by atoms with E-state index < -0.39 is 0 Å². The van der Waals surface area contributed by atoms with E-state index in [9.17, 15) is 10.1 Å². The maximum absolute atomic E-state index is 12.6. The van der Waals surface area contributed by atoms with Gasteiger partial charge >= 0.3 is 0 Å². The summed E-state index contributed by atoms with van der Waals surface area (Å²) in [5, 5.41) is 9.20. The fourth-order valence-corrected chi connectivity index (χ4v) is 4.47. The SMILES string of the molecule is C/C1=C/C[C@]2(C)CC(=O)C(C(C)C)[C@H]2C/C=C(\C)[C@H](OO)CC1. The molecule has 1 unspecified atom stereocenters. The maximum atomic E-state index is 12.6. The Morgan fingerprint density at radius 2 is 2.00 bits per heavy atom. The Bertz CT molecular complexity index is 503. The number of rotatable bonds is 2. The largest absolute Gasteiger partial charge is 0.299 e. The molecule has 1 fully saturated rings. The Kier molecular flexibility index (Phi) is 5.85. The molecule has 0 aromatic heterocycles. The first-order valence-electron chi connectivity index (χ1n) is 8.93. The van der Waals surface area contributed by atoms with E-state index in [0.717, 1.165) is 31.3 Å². The molecule has 0 heterocycles. The number of carbonyl (C=O) groups excluding carboxylic acids is 1. The van der Waals surface area contributed by atoms with Gasteiger partial charge in [0.05, 0.1) is 0 Å². The lowest BCUT2D eigenvalue weighted by Gasteiger charge is -2.33. The van der Waals surface area contributed by atoms with Crippen molar-refractivity contribution < 1.29 is 14.9 Å². The minimum absolute atomic E-state index is 0.0456. The van der Waals surface area contributed by atoms with Gasteiger partial charge in [0.15, 0.2) is 0 Å². The first-order valence-corrected chi connectivity index (χ1v) is 8.93. The Morgan fingerprint density at radius 3 is 2.61 bits per heavy atom. The van der Waals surface area contributed by atoms with E-state index in [0.29, 0.717) is 24.0 Å². The number of fused-ring (bicyclic) bond motifs is 1. The standard InChI is InChI=1S/C20H32O3/c1-13(2)19-16-8-7-15(4)18(23-22)9-6-14(3)10-11-20(16,5)12-17(19)21/h7,10,13,16,18-19,22H,6,8-9,11-12H2,1-5H3/b14-10-,15-7+/t16-,18-,19?,20-/m1/s1. The first-order chi connectivity index (χ1) is 10.8. The summed E-state index contributed by atoms with van der Waals surface area (Å²) in [5.41, 5.74) is 2.44. The second-order valence-electron chi connectivity index (χ2n) is 8.24. The third kappa shape index (κ3) is 3.95. The van der Waals surface area contributed by atoms with Crippen LogP contribution in [-0.4, -0.2) is 17.1 Å². The summed E-state index contributed by atoms with van der Waals surface area (Å²) in [6, 6.07) is 0. The molecule has 3 nitrogen and oxygen atoms in total. The highest BCUT2D eigenvalue weighted by atomic mass is 17.1. The van der Waals surface area contributed by atoms with Crippen molar-refractivity contribution in [3.63, 3.8) is 0 Å². The van der Waals surface area contributed by atoms with Crippen LogP contribution >= 0.6 is 0 Å². The summed E-state index contributed by atoms with van der Waals surface area (Å²) in [5.74, 6) is 1.32. The predicted molar refractivity (Wildman–Crippen MR) is 93.0 cm³/mol. The Hall–Kier alpha value is -0.930. The van der Waals surface area contributed by atoms with Crippen molar-refractivity contribution in [2.75, 3.05) is 0 Å². The van der Waals surface area contributed by atoms with Crippen molar-refractivity contribution in [2.45, 2.75) is 72.8 Å². The average Bonchev–Trinajstić information content (AvgIpc) is 2.73. The highest BCUT2D eigenvalue weighted by Gasteiger charge is 2.49. The van der Waals surface area contributed by atoms with Crippen LogP contribution in [0.5, 0.6) is 0 Å². The van der Waals surface area contributed by atoms with E-state index in [2.05, 4.69) is 39.8 Å². The summed E-state index contributed by atoms with van der Waals surface area (Å²) in [7, 11) is 0. The number of Topliss-reactive ketones (excluding diaryl/α,β-unsaturated/α-hetero) is 1. The Labute approximate surface area is 140 Å². The fourth-order valence-electron chi connectivity index (χ4n) is 4.47. The first kappa shape index (κ1) is 18.4. The molecular weight excluding hydrogens is 288 g/mol. The van der Waals surface area contributed by atoms with Gasteiger partial charge in [-0.15, -0.1) is 0 Å². The third-order valence-electron chi connectivity index (χ3n) is 6.04. The van der Waals surface area contributed by atoms with E-state index in [-0.39, 0.29) is 17.4 Å². The molecule has 2 rings (SSSR count). The lowest BCUT2D eigenvalue weighted by Crippen LogP contribution is -2.28. The molecule has 2 aliphatic carbocycles. The van der Waals surface area contributed by atoms with E-state index in [1.807, 2.05) is 6.92 Å². The molecule has 2 aliphatic rings. The minimum Gasteiger partial charge on any atom is -0.299 e. The third-order valence-corrected chi connectivity index (χ3v) is 6.04. The normalized spacial score (nSPS) is 40.8. The zero-order chi connectivity index (χ0) is 17.2. The van der Waals surface area contributed by atoms with Crippen molar-refractivity contribution in [2.24, 2.45) is 23.2 Å². The number of carbonyl (C=O) groups is 1. The molecule has 1 N–H and O–H groups in total. The van der Waals surface area contributed by atoms with Crippen LogP contribution < -0.4 is 0 Å². The molecule has 0 aromatic carbocycles. The van der Waals surface area contributed by atoms with E-state index in [4.69, 9.17) is 4.89 Å². The average molecular weight is 320 g/mol. The van der Waals surface area contributed by atoms with Gasteiger partial charge in [0.25, 0.3) is 0 Å². The van der Waals surface area contributed by atoms with Gasteiger partial charge in [0.1, 0.15) is 11.9 Å². The van der Waals surface area contributed by atoms with Crippen LogP contribution in [0.15, 0.2) is 23.3 Å². The summed E-state index contributed by atoms with van der Waals surface area (Å²) in [6.45, 7) is 10.8. The molecule has 0 aliphatic heterocycles. The number of allylic oxidation sites excluding steroid dienone is 3. The molecule has 23 heavy (non-hydrogen) atoms. The molecule has 0 saturated heterocycles. The molecule has 0 aromatic rings. The molecule has 0 radical (unpaired) electrons. The highest BCUT2D eigenvalue weighted by molar-refractivity contribution is 5.85. The second kappa shape index (κ2) is 7.31. The van der Waals surface area contributed by atoms with Crippen LogP contribution in [0.3, 0.4) is 0 Å². The molecule has 130 valence electrons. The lowest BCUT2D eigenvalue weighted by molar-refractivity contribution is -0.269. The zero-order valence-electron chi connectivity index (χ0n) is 15.3. The van der Waals surface area contributed by atoms with Crippen molar-refractivity contribution in [1.82, 2.24) is 0 Å². The number of hydrogen-bond acceptors (Lipinski definition) is 3. The van der Waals surface area contributed by atoms with Crippen molar-refractivity contribution >= 4 is 5.78 Å². The molecule has 0 bridgehead atoms. The minimum atomic E-state index is -0.239. The van der Waals surface area contributed by atoms with E-state index >= 15 is 0 Å². The van der Waals surface area contributed by atoms with Crippen LogP contribution in [-0.2, 0) is 9.68 Å². The maximum Gasteiger partial charge on any atom is 0.137 e. The van der Waals surface area contributed by atoms with Crippen molar-refractivity contribution in [3.05, 3.63) is 23.3 Å². The summed E-state index contributed by atoms with van der Waals surface area (Å²) in [6.07, 6.45) is 8.53. The predicted octanol–water partition coefficient (Wildman–Crippen LogP) is 5.18. The molecular formula is C20H32O3. The number of ketones is 1. The quantitative estimate of drug-likeness (QED) is 0.433. The summed E-state index contributed by atoms with van der Waals surface area (Å²) >= 11 is 0. The monoisotopic (exact) mass is 320 g/mol. The lowest BCUT2D eigenvalue weighted by atomic mass is 9.70. The smallest absolute Gasteiger partial charge is 0.137 e. The van der Waals surface area contributed by atoms with Crippen molar-refractivity contribution in [3.8, 4) is 0 Å². The van der Waals surface area contributed by atoms with Gasteiger partial charge in [-0.3, -0.25) is 10.1 Å². The molecule has 0 amide bonds.